The first kappa shape index (κ1) is 26.4. The van der Waals surface area contributed by atoms with Gasteiger partial charge < -0.3 is 14.8 Å². The molecule has 0 radical (unpaired) electrons. The molecule has 2 aromatic heterocycles. The minimum Gasteiger partial charge on any atom is -0.348 e. The number of aromatic nitrogens is 4. The van der Waals surface area contributed by atoms with Crippen molar-refractivity contribution in [3.63, 3.8) is 0 Å². The summed E-state index contributed by atoms with van der Waals surface area (Å²) in [6.45, 7) is 3.44. The number of halogens is 1. The standard InChI is InChI=1S/C29H31FN6O3S/c1-2-40(38,39)24-10-5-19(6-11-24)15-31-28(37)21-9-12-26-25(14-21)34-27(20-7-8-20)36(26)18-23-4-3-13-35(23)29-32-16-22(30)17-33-29/h5-6,9-12,14,16-17,20,23H,2-4,7-8,13,15,18H2,1H3,(H,31,37)/t23-/m1/s1. The molecule has 2 fully saturated rings. The molecule has 3 heterocycles. The number of nitrogens with one attached hydrogen (secondary N) is 1. The Labute approximate surface area is 232 Å². The summed E-state index contributed by atoms with van der Waals surface area (Å²) < 4.78 is 39.7. The molecule has 2 aliphatic rings. The topological polar surface area (TPSA) is 110 Å². The highest BCUT2D eigenvalue weighted by Crippen LogP contribution is 2.41. The van der Waals surface area contributed by atoms with Crippen LogP contribution in [0.3, 0.4) is 0 Å². The molecule has 1 N–H and O–H groups in total. The zero-order valence-electron chi connectivity index (χ0n) is 22.3. The summed E-state index contributed by atoms with van der Waals surface area (Å²) in [6, 6.07) is 12.4. The summed E-state index contributed by atoms with van der Waals surface area (Å²) in [5.74, 6) is 1.39. The van der Waals surface area contributed by atoms with E-state index in [2.05, 4.69) is 24.8 Å². The number of hydrogen-bond donors (Lipinski definition) is 1. The Morgan fingerprint density at radius 2 is 1.82 bits per heavy atom. The number of carbonyl (C=O) groups excluding carboxylic acids is 1. The fraction of sp³-hybridized carbons (Fsp3) is 0.379. The van der Waals surface area contributed by atoms with Gasteiger partial charge in [-0.2, -0.15) is 0 Å². The van der Waals surface area contributed by atoms with Gasteiger partial charge in [0.15, 0.2) is 15.7 Å². The molecule has 2 aromatic carbocycles. The van der Waals surface area contributed by atoms with Gasteiger partial charge in [0.1, 0.15) is 5.82 Å². The Kier molecular flexibility index (Phi) is 6.99. The summed E-state index contributed by atoms with van der Waals surface area (Å²) in [5.41, 5.74) is 3.10. The number of nitrogens with zero attached hydrogens (tertiary/aromatic N) is 5. The molecule has 9 nitrogen and oxygen atoms in total. The number of benzene rings is 2. The molecule has 1 aliphatic heterocycles. The predicted molar refractivity (Wildman–Crippen MR) is 149 cm³/mol. The van der Waals surface area contributed by atoms with Crippen LogP contribution >= 0.6 is 0 Å². The van der Waals surface area contributed by atoms with E-state index in [1.54, 1.807) is 31.2 Å². The molecule has 6 rings (SSSR count). The van der Waals surface area contributed by atoms with Crippen molar-refractivity contribution < 1.29 is 17.6 Å². The number of amides is 1. The van der Waals surface area contributed by atoms with E-state index in [4.69, 9.17) is 4.98 Å². The highest BCUT2D eigenvalue weighted by atomic mass is 32.2. The van der Waals surface area contributed by atoms with Crippen LogP contribution in [0.5, 0.6) is 0 Å². The highest BCUT2D eigenvalue weighted by molar-refractivity contribution is 7.91. The van der Waals surface area contributed by atoms with Crippen LogP contribution in [-0.2, 0) is 22.9 Å². The molecule has 0 spiro atoms. The summed E-state index contributed by atoms with van der Waals surface area (Å²) in [6.07, 6.45) is 6.61. The second kappa shape index (κ2) is 10.6. The Morgan fingerprint density at radius 1 is 1.07 bits per heavy atom. The van der Waals surface area contributed by atoms with Gasteiger partial charge in [0, 0.05) is 37.2 Å². The molecule has 208 valence electrons. The number of hydrogen-bond acceptors (Lipinski definition) is 7. The Balaban J connectivity index is 1.19. The van der Waals surface area contributed by atoms with Crippen molar-refractivity contribution in [2.45, 2.75) is 62.6 Å². The molecule has 40 heavy (non-hydrogen) atoms. The molecule has 1 atom stereocenters. The van der Waals surface area contributed by atoms with Gasteiger partial charge in [-0.3, -0.25) is 4.79 Å². The van der Waals surface area contributed by atoms with Crippen molar-refractivity contribution in [2.75, 3.05) is 17.2 Å². The van der Waals surface area contributed by atoms with Gasteiger partial charge in [0.25, 0.3) is 5.91 Å². The van der Waals surface area contributed by atoms with Crippen LogP contribution in [0, 0.1) is 5.82 Å². The smallest absolute Gasteiger partial charge is 0.251 e. The second-order valence-corrected chi connectivity index (χ2v) is 12.8. The quantitative estimate of drug-likeness (QED) is 0.325. The largest absolute Gasteiger partial charge is 0.348 e. The molecule has 4 aromatic rings. The van der Waals surface area contributed by atoms with Crippen LogP contribution in [-0.4, -0.2) is 52.2 Å². The van der Waals surface area contributed by atoms with Gasteiger partial charge in [-0.1, -0.05) is 19.1 Å². The third-order valence-corrected chi connectivity index (χ3v) is 9.48. The van der Waals surface area contributed by atoms with E-state index < -0.39 is 15.7 Å². The highest BCUT2D eigenvalue weighted by Gasteiger charge is 2.33. The van der Waals surface area contributed by atoms with Gasteiger partial charge in [-0.05, 0) is 61.6 Å². The van der Waals surface area contributed by atoms with Gasteiger partial charge in [0.2, 0.25) is 5.95 Å². The van der Waals surface area contributed by atoms with Gasteiger partial charge in [-0.15, -0.1) is 0 Å². The van der Waals surface area contributed by atoms with E-state index in [1.165, 1.54) is 12.4 Å². The maximum absolute atomic E-state index is 13.4. The molecule has 1 saturated heterocycles. The van der Waals surface area contributed by atoms with Gasteiger partial charge in [0.05, 0.1) is 34.1 Å². The third-order valence-electron chi connectivity index (χ3n) is 7.73. The van der Waals surface area contributed by atoms with Crippen molar-refractivity contribution >= 4 is 32.7 Å². The third kappa shape index (κ3) is 5.30. The number of imidazole rings is 1. The Bertz CT molecular complexity index is 1650. The molecular formula is C29H31FN6O3S. The minimum atomic E-state index is -3.26. The second-order valence-electron chi connectivity index (χ2n) is 10.5. The predicted octanol–water partition coefficient (Wildman–Crippen LogP) is 4.24. The maximum Gasteiger partial charge on any atom is 0.251 e. The van der Waals surface area contributed by atoms with Crippen molar-refractivity contribution in [3.05, 3.63) is 77.6 Å². The average molecular weight is 563 g/mol. The number of rotatable bonds is 9. The Hall–Kier alpha value is -3.86. The average Bonchev–Trinajstić information content (AvgIpc) is 3.61. The first-order valence-electron chi connectivity index (χ1n) is 13.7. The SMILES string of the molecule is CCS(=O)(=O)c1ccc(CNC(=O)c2ccc3c(c2)nc(C2CC2)n3C[C@H]2CCCN2c2ncc(F)cn2)cc1. The van der Waals surface area contributed by atoms with Crippen LogP contribution in [0.2, 0.25) is 0 Å². The van der Waals surface area contributed by atoms with E-state index in [1.807, 2.05) is 18.2 Å². The summed E-state index contributed by atoms with van der Waals surface area (Å²) >= 11 is 0. The van der Waals surface area contributed by atoms with Crippen molar-refractivity contribution in [1.29, 1.82) is 0 Å². The first-order valence-corrected chi connectivity index (χ1v) is 15.3. The molecule has 1 saturated carbocycles. The first-order chi connectivity index (χ1) is 19.3. The lowest BCUT2D eigenvalue weighted by Gasteiger charge is -2.25. The number of carbonyl (C=O) groups is 1. The molecular weight excluding hydrogens is 531 g/mol. The number of fused-ring (bicyclic) bond motifs is 1. The Morgan fingerprint density at radius 3 is 2.52 bits per heavy atom. The molecule has 1 amide bonds. The normalized spacial score (nSPS) is 17.4. The number of sulfone groups is 1. The van der Waals surface area contributed by atoms with Crippen LogP contribution < -0.4 is 10.2 Å². The van der Waals surface area contributed by atoms with Crippen molar-refractivity contribution in [3.8, 4) is 0 Å². The van der Waals surface area contributed by atoms with Crippen molar-refractivity contribution in [2.24, 2.45) is 0 Å². The fourth-order valence-electron chi connectivity index (χ4n) is 5.35. The molecule has 11 heteroatoms. The fourth-order valence-corrected chi connectivity index (χ4v) is 6.24. The molecule has 1 aliphatic carbocycles. The lowest BCUT2D eigenvalue weighted by molar-refractivity contribution is 0.0951. The lowest BCUT2D eigenvalue weighted by Crippen LogP contribution is -2.34. The monoisotopic (exact) mass is 562 g/mol. The lowest BCUT2D eigenvalue weighted by atomic mass is 10.1. The van der Waals surface area contributed by atoms with Gasteiger partial charge >= 0.3 is 0 Å². The van der Waals surface area contributed by atoms with Crippen LogP contribution in [0.1, 0.15) is 60.3 Å². The zero-order chi connectivity index (χ0) is 27.9. The minimum absolute atomic E-state index is 0.0470. The van der Waals surface area contributed by atoms with E-state index in [-0.39, 0.29) is 29.1 Å². The van der Waals surface area contributed by atoms with Crippen LogP contribution in [0.4, 0.5) is 10.3 Å². The van der Waals surface area contributed by atoms with Crippen molar-refractivity contribution in [1.82, 2.24) is 24.8 Å². The van der Waals surface area contributed by atoms with Crippen LogP contribution in [0.15, 0.2) is 59.8 Å². The van der Waals surface area contributed by atoms with E-state index >= 15 is 0 Å². The van der Waals surface area contributed by atoms with Crippen LogP contribution in [0.25, 0.3) is 11.0 Å². The van der Waals surface area contributed by atoms with E-state index in [0.717, 1.165) is 61.2 Å². The zero-order valence-corrected chi connectivity index (χ0v) is 23.1. The summed E-state index contributed by atoms with van der Waals surface area (Å²) in [4.78, 5) is 28.8. The van der Waals surface area contributed by atoms with Gasteiger partial charge in [-0.25, -0.2) is 27.8 Å². The molecule has 0 unspecified atom stereocenters. The van der Waals surface area contributed by atoms with E-state index in [0.29, 0.717) is 17.4 Å². The molecule has 0 bridgehead atoms. The summed E-state index contributed by atoms with van der Waals surface area (Å²) in [5, 5.41) is 2.93. The number of anilines is 1. The maximum atomic E-state index is 13.4. The summed E-state index contributed by atoms with van der Waals surface area (Å²) in [7, 11) is -3.26. The van der Waals surface area contributed by atoms with E-state index in [9.17, 15) is 17.6 Å².